The number of hydrogen-bond acceptors (Lipinski definition) is 4. The minimum atomic E-state index is -0.525. The van der Waals surface area contributed by atoms with Crippen LogP contribution in [0.1, 0.15) is 32.1 Å². The predicted molar refractivity (Wildman–Crippen MR) is 70.5 cm³/mol. The molecule has 2 unspecified atom stereocenters. The van der Waals surface area contributed by atoms with E-state index in [-0.39, 0.29) is 0 Å². The van der Waals surface area contributed by atoms with E-state index in [2.05, 4.69) is 0 Å². The van der Waals surface area contributed by atoms with E-state index >= 15 is 0 Å². The quantitative estimate of drug-likeness (QED) is 0.502. The molecular weight excluding hydrogens is 258 g/mol. The molecule has 2 atom stereocenters. The summed E-state index contributed by atoms with van der Waals surface area (Å²) in [5.41, 5.74) is 0. The van der Waals surface area contributed by atoms with Crippen molar-refractivity contribution >= 4 is 16.8 Å². The van der Waals surface area contributed by atoms with E-state index in [1.165, 1.54) is 19.3 Å². The third kappa shape index (κ3) is 5.92. The van der Waals surface area contributed by atoms with Crippen LogP contribution in [0.2, 0.25) is 0 Å². The number of unbranched alkanes of at least 4 members (excludes halogenated alkanes) is 2. The molecule has 0 bridgehead atoms. The van der Waals surface area contributed by atoms with Gasteiger partial charge in [-0.15, -0.1) is 0 Å². The van der Waals surface area contributed by atoms with Crippen molar-refractivity contribution in [2.24, 2.45) is 0 Å². The van der Waals surface area contributed by atoms with E-state index in [1.807, 2.05) is 0 Å². The molecule has 0 N–H and O–H groups in total. The lowest BCUT2D eigenvalue weighted by molar-refractivity contribution is 0.252. The first kappa shape index (κ1) is 14.1. The maximum Gasteiger partial charge on any atom is 0.170 e. The Bertz CT molecular complexity index is 174. The molecule has 0 radical (unpaired) electrons. The second-order valence-electron chi connectivity index (χ2n) is 4.21. The fraction of sp³-hybridized carbons (Fsp3) is 1.00. The van der Waals surface area contributed by atoms with Crippen molar-refractivity contribution in [2.75, 3.05) is 38.8 Å². The SMILES string of the molecule is C(CCOP1CCCO1)CCOP1CCCO1. The van der Waals surface area contributed by atoms with Crippen LogP contribution in [0.5, 0.6) is 0 Å². The van der Waals surface area contributed by atoms with Crippen LogP contribution >= 0.6 is 16.8 Å². The number of hydrogen-bond donors (Lipinski definition) is 0. The Labute approximate surface area is 106 Å². The summed E-state index contributed by atoms with van der Waals surface area (Å²) in [6.07, 6.45) is 7.99. The first-order valence-electron chi connectivity index (χ1n) is 6.52. The Morgan fingerprint density at radius 2 is 1.29 bits per heavy atom. The average Bonchev–Trinajstić information content (AvgIpc) is 3.00. The van der Waals surface area contributed by atoms with Crippen LogP contribution in [0.3, 0.4) is 0 Å². The van der Waals surface area contributed by atoms with Gasteiger partial charge in [-0.25, -0.2) is 0 Å². The van der Waals surface area contributed by atoms with Crippen LogP contribution in [0, 0.1) is 0 Å². The Hall–Kier alpha value is 0.700. The molecule has 0 aliphatic carbocycles. The van der Waals surface area contributed by atoms with Gasteiger partial charge in [-0.3, -0.25) is 0 Å². The van der Waals surface area contributed by atoms with Gasteiger partial charge in [0.25, 0.3) is 0 Å². The van der Waals surface area contributed by atoms with Crippen molar-refractivity contribution in [2.45, 2.75) is 32.1 Å². The van der Waals surface area contributed by atoms with Gasteiger partial charge in [0, 0.05) is 12.3 Å². The van der Waals surface area contributed by atoms with E-state index in [1.54, 1.807) is 0 Å². The molecule has 0 amide bonds. The van der Waals surface area contributed by atoms with Gasteiger partial charge < -0.3 is 18.1 Å². The molecule has 2 fully saturated rings. The van der Waals surface area contributed by atoms with Crippen LogP contribution < -0.4 is 0 Å². The summed E-state index contributed by atoms with van der Waals surface area (Å²) in [5, 5.41) is 0. The van der Waals surface area contributed by atoms with Crippen LogP contribution in [0.25, 0.3) is 0 Å². The molecule has 0 spiro atoms. The van der Waals surface area contributed by atoms with Crippen molar-refractivity contribution in [1.29, 1.82) is 0 Å². The zero-order valence-electron chi connectivity index (χ0n) is 10.3. The first-order valence-corrected chi connectivity index (χ1v) is 9.24. The molecule has 2 aliphatic heterocycles. The van der Waals surface area contributed by atoms with E-state index in [4.69, 9.17) is 18.1 Å². The Balaban J connectivity index is 1.33. The van der Waals surface area contributed by atoms with Crippen LogP contribution in [0.15, 0.2) is 0 Å². The molecule has 17 heavy (non-hydrogen) atoms. The molecule has 6 heteroatoms. The van der Waals surface area contributed by atoms with Crippen LogP contribution in [-0.4, -0.2) is 38.8 Å². The van der Waals surface area contributed by atoms with Crippen molar-refractivity contribution in [1.82, 2.24) is 0 Å². The number of rotatable bonds is 8. The molecular formula is C11H22O4P2. The second-order valence-corrected chi connectivity index (χ2v) is 7.47. The molecule has 100 valence electrons. The highest BCUT2D eigenvalue weighted by atomic mass is 31.2. The third-order valence-electron chi connectivity index (χ3n) is 2.70. The highest BCUT2D eigenvalue weighted by Gasteiger charge is 2.17. The molecule has 0 aromatic rings. The van der Waals surface area contributed by atoms with Crippen LogP contribution in [0.4, 0.5) is 0 Å². The summed E-state index contributed by atoms with van der Waals surface area (Å²) in [6, 6.07) is 0. The van der Waals surface area contributed by atoms with Gasteiger partial charge in [-0.05, 0) is 32.1 Å². The maximum atomic E-state index is 5.66. The molecule has 4 nitrogen and oxygen atoms in total. The van der Waals surface area contributed by atoms with E-state index in [0.717, 1.165) is 51.6 Å². The monoisotopic (exact) mass is 280 g/mol. The molecule has 2 heterocycles. The minimum absolute atomic E-state index is 0.525. The Kier molecular flexibility index (Phi) is 7.26. The summed E-state index contributed by atoms with van der Waals surface area (Å²) in [4.78, 5) is 0. The smallest absolute Gasteiger partial charge is 0.170 e. The average molecular weight is 280 g/mol. The van der Waals surface area contributed by atoms with Gasteiger partial charge in [-0.2, -0.15) is 0 Å². The minimum Gasteiger partial charge on any atom is -0.334 e. The molecule has 2 saturated heterocycles. The molecule has 0 saturated carbocycles. The van der Waals surface area contributed by atoms with Gasteiger partial charge in [-0.1, -0.05) is 0 Å². The standard InChI is InChI=1S/C11H22O4P2/c1(2-6-12-16-10-4-8-14-16)3-7-13-17-11-5-9-15-17/h1-11H2. The van der Waals surface area contributed by atoms with Gasteiger partial charge in [0.1, 0.15) is 0 Å². The van der Waals surface area contributed by atoms with Gasteiger partial charge in [0.15, 0.2) is 16.8 Å². The zero-order valence-corrected chi connectivity index (χ0v) is 12.1. The lowest BCUT2D eigenvalue weighted by Gasteiger charge is -2.10. The summed E-state index contributed by atoms with van der Waals surface area (Å²) in [5.74, 6) is 0. The Morgan fingerprint density at radius 3 is 1.71 bits per heavy atom. The largest absolute Gasteiger partial charge is 0.334 e. The molecule has 0 aromatic heterocycles. The molecule has 2 aliphatic rings. The maximum absolute atomic E-state index is 5.66. The lowest BCUT2D eigenvalue weighted by atomic mass is 10.2. The lowest BCUT2D eigenvalue weighted by Crippen LogP contribution is -1.94. The van der Waals surface area contributed by atoms with Crippen molar-refractivity contribution in [3.63, 3.8) is 0 Å². The highest BCUT2D eigenvalue weighted by Crippen LogP contribution is 2.44. The third-order valence-corrected chi connectivity index (χ3v) is 5.94. The summed E-state index contributed by atoms with van der Waals surface area (Å²) in [7, 11) is -1.05. The zero-order chi connectivity index (χ0) is 11.8. The highest BCUT2D eigenvalue weighted by molar-refractivity contribution is 7.47. The van der Waals surface area contributed by atoms with Gasteiger partial charge in [0.05, 0.1) is 26.4 Å². The van der Waals surface area contributed by atoms with E-state index in [0.29, 0.717) is 0 Å². The van der Waals surface area contributed by atoms with E-state index in [9.17, 15) is 0 Å². The Morgan fingerprint density at radius 1 is 0.765 bits per heavy atom. The second kappa shape index (κ2) is 8.74. The van der Waals surface area contributed by atoms with Crippen LogP contribution in [-0.2, 0) is 18.1 Å². The van der Waals surface area contributed by atoms with Crippen molar-refractivity contribution in [3.05, 3.63) is 0 Å². The first-order chi connectivity index (χ1) is 8.45. The molecule has 2 rings (SSSR count). The summed E-state index contributed by atoms with van der Waals surface area (Å²) in [6.45, 7) is 3.47. The normalized spacial score (nSPS) is 28.9. The van der Waals surface area contributed by atoms with Crippen molar-refractivity contribution < 1.29 is 18.1 Å². The predicted octanol–water partition coefficient (Wildman–Crippen LogP) is 3.65. The fourth-order valence-corrected chi connectivity index (χ4v) is 4.54. The summed E-state index contributed by atoms with van der Waals surface area (Å²) >= 11 is 0. The summed E-state index contributed by atoms with van der Waals surface area (Å²) < 4.78 is 22.2. The topological polar surface area (TPSA) is 36.9 Å². The van der Waals surface area contributed by atoms with Gasteiger partial charge in [0.2, 0.25) is 0 Å². The van der Waals surface area contributed by atoms with E-state index < -0.39 is 16.8 Å². The fourth-order valence-electron chi connectivity index (χ4n) is 1.77. The van der Waals surface area contributed by atoms with Crippen molar-refractivity contribution in [3.8, 4) is 0 Å². The molecule has 0 aromatic carbocycles. The van der Waals surface area contributed by atoms with Gasteiger partial charge >= 0.3 is 0 Å².